The minimum atomic E-state index is -1.36. The fraction of sp³-hybridized carbons (Fsp3) is 0.125. The Morgan fingerprint density at radius 2 is 2.08 bits per heavy atom. The third kappa shape index (κ3) is 1.76. The Morgan fingerprint density at radius 1 is 1.54 bits per heavy atom. The first-order valence-corrected chi connectivity index (χ1v) is 4.08. The zero-order valence-corrected chi connectivity index (χ0v) is 8.08. The van der Waals surface area contributed by atoms with Crippen LogP contribution >= 0.6 is 23.2 Å². The van der Waals surface area contributed by atoms with Crippen molar-refractivity contribution in [2.45, 2.75) is 6.92 Å². The summed E-state index contributed by atoms with van der Waals surface area (Å²) in [4.78, 5) is 10.5. The van der Waals surface area contributed by atoms with E-state index in [2.05, 4.69) is 0 Å². The van der Waals surface area contributed by atoms with Gasteiger partial charge in [-0.05, 0) is 13.0 Å². The van der Waals surface area contributed by atoms with Crippen molar-refractivity contribution in [2.75, 3.05) is 0 Å². The van der Waals surface area contributed by atoms with Gasteiger partial charge < -0.3 is 5.11 Å². The van der Waals surface area contributed by atoms with E-state index >= 15 is 0 Å². The summed E-state index contributed by atoms with van der Waals surface area (Å²) in [6.45, 7) is 1.37. The molecule has 0 spiro atoms. The lowest BCUT2D eigenvalue weighted by atomic mass is 10.1. The second-order valence-corrected chi connectivity index (χ2v) is 3.25. The molecule has 0 aromatic heterocycles. The lowest BCUT2D eigenvalue weighted by molar-refractivity contribution is 0.0691. The number of aromatic carboxylic acids is 1. The van der Waals surface area contributed by atoms with Crippen LogP contribution < -0.4 is 0 Å². The highest BCUT2D eigenvalue weighted by molar-refractivity contribution is 6.42. The molecule has 5 heteroatoms. The molecule has 0 bridgehead atoms. The first-order valence-electron chi connectivity index (χ1n) is 3.32. The van der Waals surface area contributed by atoms with Gasteiger partial charge in [-0.25, -0.2) is 9.18 Å². The molecule has 0 aliphatic carbocycles. The van der Waals surface area contributed by atoms with E-state index in [-0.39, 0.29) is 15.6 Å². The largest absolute Gasteiger partial charge is 0.478 e. The molecule has 0 fully saturated rings. The number of hydrogen-bond acceptors (Lipinski definition) is 1. The molecular formula is C8H5Cl2FO2. The highest BCUT2D eigenvalue weighted by Crippen LogP contribution is 2.29. The monoisotopic (exact) mass is 222 g/mol. The van der Waals surface area contributed by atoms with E-state index in [1.807, 2.05) is 0 Å². The number of benzene rings is 1. The molecule has 0 unspecified atom stereocenters. The zero-order valence-electron chi connectivity index (χ0n) is 6.57. The molecule has 0 heterocycles. The van der Waals surface area contributed by atoms with E-state index in [9.17, 15) is 9.18 Å². The normalized spacial score (nSPS) is 10.2. The zero-order chi connectivity index (χ0) is 10.2. The summed E-state index contributed by atoms with van der Waals surface area (Å²) in [7, 11) is 0. The van der Waals surface area contributed by atoms with E-state index in [0.29, 0.717) is 0 Å². The third-order valence-corrected chi connectivity index (χ3v) is 2.49. The maximum Gasteiger partial charge on any atom is 0.338 e. The van der Waals surface area contributed by atoms with Gasteiger partial charge in [-0.2, -0.15) is 0 Å². The minimum Gasteiger partial charge on any atom is -0.478 e. The van der Waals surface area contributed by atoms with E-state index in [1.54, 1.807) is 0 Å². The summed E-state index contributed by atoms with van der Waals surface area (Å²) in [6, 6.07) is 0.995. The van der Waals surface area contributed by atoms with Gasteiger partial charge in [0.05, 0.1) is 15.6 Å². The second-order valence-electron chi connectivity index (χ2n) is 2.46. The van der Waals surface area contributed by atoms with Gasteiger partial charge in [-0.3, -0.25) is 0 Å². The maximum atomic E-state index is 13.2. The quantitative estimate of drug-likeness (QED) is 0.742. The Bertz CT molecular complexity index is 377. The molecule has 0 amide bonds. The molecule has 1 aromatic rings. The van der Waals surface area contributed by atoms with Crippen molar-refractivity contribution < 1.29 is 14.3 Å². The fourth-order valence-corrected chi connectivity index (χ4v) is 1.27. The van der Waals surface area contributed by atoms with Crippen LogP contribution in [0, 0.1) is 12.7 Å². The summed E-state index contributed by atoms with van der Waals surface area (Å²) < 4.78 is 13.2. The summed E-state index contributed by atoms with van der Waals surface area (Å²) in [5.41, 5.74) is -0.418. The van der Waals surface area contributed by atoms with Crippen LogP contribution in [0.1, 0.15) is 15.9 Å². The third-order valence-electron chi connectivity index (χ3n) is 1.61. The Labute approximate surface area is 83.9 Å². The fourth-order valence-electron chi connectivity index (χ4n) is 0.887. The molecule has 70 valence electrons. The number of carboxylic acid groups (broad SMARTS) is 1. The molecule has 13 heavy (non-hydrogen) atoms. The van der Waals surface area contributed by atoms with Crippen molar-refractivity contribution in [3.63, 3.8) is 0 Å². The van der Waals surface area contributed by atoms with Crippen molar-refractivity contribution >= 4 is 29.2 Å². The van der Waals surface area contributed by atoms with Crippen molar-refractivity contribution in [3.05, 3.63) is 33.1 Å². The Balaban J connectivity index is 3.50. The highest BCUT2D eigenvalue weighted by Gasteiger charge is 2.17. The predicted molar refractivity (Wildman–Crippen MR) is 48.1 cm³/mol. The molecule has 2 nitrogen and oxygen atoms in total. The first kappa shape index (κ1) is 10.3. The van der Waals surface area contributed by atoms with Crippen LogP contribution in [0.15, 0.2) is 6.07 Å². The standard InChI is InChI=1S/C8H5Cl2FO2/c1-3-6(10)5(9)2-4(7(3)11)8(12)13/h2H,1H3,(H,12,13). The van der Waals surface area contributed by atoms with Crippen LogP contribution in [0.5, 0.6) is 0 Å². The van der Waals surface area contributed by atoms with Gasteiger partial charge in [0.1, 0.15) is 5.82 Å². The number of rotatable bonds is 1. The van der Waals surface area contributed by atoms with Crippen molar-refractivity contribution in [1.82, 2.24) is 0 Å². The van der Waals surface area contributed by atoms with Gasteiger partial charge in [0.25, 0.3) is 0 Å². The van der Waals surface area contributed by atoms with Crippen LogP contribution in [0.2, 0.25) is 10.0 Å². The summed E-state index contributed by atoms with van der Waals surface area (Å²) in [5, 5.41) is 8.65. The topological polar surface area (TPSA) is 37.3 Å². The molecule has 1 rings (SSSR count). The number of halogens is 3. The van der Waals surface area contributed by atoms with Gasteiger partial charge in [-0.1, -0.05) is 23.2 Å². The Kier molecular flexibility index (Phi) is 2.78. The number of carbonyl (C=O) groups is 1. The van der Waals surface area contributed by atoms with Gasteiger partial charge in [0.15, 0.2) is 0 Å². The average molecular weight is 223 g/mol. The maximum absolute atomic E-state index is 13.2. The molecule has 1 N–H and O–H groups in total. The van der Waals surface area contributed by atoms with Crippen molar-refractivity contribution in [3.8, 4) is 0 Å². The molecular weight excluding hydrogens is 218 g/mol. The van der Waals surface area contributed by atoms with E-state index < -0.39 is 17.3 Å². The molecule has 1 aromatic carbocycles. The summed E-state index contributed by atoms with van der Waals surface area (Å²) in [5.74, 6) is -2.21. The lowest BCUT2D eigenvalue weighted by Gasteiger charge is -2.05. The average Bonchev–Trinajstić information content (AvgIpc) is 2.07. The minimum absolute atomic E-state index is 0.0398. The van der Waals surface area contributed by atoms with Gasteiger partial charge in [-0.15, -0.1) is 0 Å². The van der Waals surface area contributed by atoms with Gasteiger partial charge >= 0.3 is 5.97 Å². The molecule has 0 radical (unpaired) electrons. The summed E-state index contributed by atoms with van der Waals surface area (Å²) in [6.07, 6.45) is 0. The van der Waals surface area contributed by atoms with Gasteiger partial charge in [0.2, 0.25) is 0 Å². The van der Waals surface area contributed by atoms with E-state index in [0.717, 1.165) is 6.07 Å². The summed E-state index contributed by atoms with van der Waals surface area (Å²) >= 11 is 11.2. The second kappa shape index (κ2) is 3.52. The highest BCUT2D eigenvalue weighted by atomic mass is 35.5. The Morgan fingerprint density at radius 3 is 2.54 bits per heavy atom. The number of carboxylic acids is 1. The van der Waals surface area contributed by atoms with E-state index in [1.165, 1.54) is 6.92 Å². The van der Waals surface area contributed by atoms with Crippen molar-refractivity contribution in [1.29, 1.82) is 0 Å². The SMILES string of the molecule is Cc1c(F)c(C(=O)O)cc(Cl)c1Cl. The Hall–Kier alpha value is -0.800. The molecule has 0 atom stereocenters. The van der Waals surface area contributed by atoms with E-state index in [4.69, 9.17) is 28.3 Å². The van der Waals surface area contributed by atoms with Crippen molar-refractivity contribution in [2.24, 2.45) is 0 Å². The van der Waals surface area contributed by atoms with Crippen LogP contribution in [-0.2, 0) is 0 Å². The number of hydrogen-bond donors (Lipinski definition) is 1. The van der Waals surface area contributed by atoms with Gasteiger partial charge in [0, 0.05) is 5.56 Å². The molecule has 0 saturated carbocycles. The molecule has 0 aliphatic rings. The lowest BCUT2D eigenvalue weighted by Crippen LogP contribution is -2.02. The smallest absolute Gasteiger partial charge is 0.338 e. The van der Waals surface area contributed by atoms with Crippen LogP contribution in [0.4, 0.5) is 4.39 Å². The van der Waals surface area contributed by atoms with Crippen LogP contribution in [-0.4, -0.2) is 11.1 Å². The molecule has 0 saturated heterocycles. The van der Waals surface area contributed by atoms with Crippen LogP contribution in [0.3, 0.4) is 0 Å². The van der Waals surface area contributed by atoms with Crippen LogP contribution in [0.25, 0.3) is 0 Å². The molecule has 0 aliphatic heterocycles. The predicted octanol–water partition coefficient (Wildman–Crippen LogP) is 3.14. The first-order chi connectivity index (χ1) is 5.95.